The van der Waals surface area contributed by atoms with Crippen LogP contribution in [0.25, 0.3) is 5.57 Å². The van der Waals surface area contributed by atoms with E-state index in [1.54, 1.807) is 13.2 Å². The number of carbonyl (C=O) groups is 1. The zero-order valence-electron chi connectivity index (χ0n) is 20.7. The second kappa shape index (κ2) is 10.1. The summed E-state index contributed by atoms with van der Waals surface area (Å²) in [6.07, 6.45) is 5.40. The molecule has 5 nitrogen and oxygen atoms in total. The van der Waals surface area contributed by atoms with Crippen LogP contribution < -0.4 is 10.6 Å². The number of nitrogens with zero attached hydrogens (tertiary/aromatic N) is 1. The molecule has 2 aromatic rings. The molecule has 2 aromatic carbocycles. The van der Waals surface area contributed by atoms with Gasteiger partial charge in [0, 0.05) is 44.4 Å². The number of piperazine rings is 1. The van der Waals surface area contributed by atoms with Crippen molar-refractivity contribution >= 4 is 34.7 Å². The van der Waals surface area contributed by atoms with E-state index in [1.807, 2.05) is 17.0 Å². The predicted octanol–water partition coefficient (Wildman–Crippen LogP) is 5.30. The topological polar surface area (TPSA) is 53.6 Å². The maximum atomic E-state index is 14.4. The number of nitrogens with one attached hydrogen (secondary N) is 2. The number of methoxy groups -OCH3 is 1. The summed E-state index contributed by atoms with van der Waals surface area (Å²) in [6, 6.07) is 13.0. The van der Waals surface area contributed by atoms with Crippen LogP contribution in [0.1, 0.15) is 60.3 Å². The van der Waals surface area contributed by atoms with Gasteiger partial charge in [-0.2, -0.15) is 0 Å². The van der Waals surface area contributed by atoms with Crippen LogP contribution in [-0.4, -0.2) is 49.1 Å². The molecular weight excluding hydrogens is 493 g/mol. The minimum atomic E-state index is -0.0189. The third-order valence-electron chi connectivity index (χ3n) is 7.95. The van der Waals surface area contributed by atoms with E-state index in [-0.39, 0.29) is 18.0 Å². The first kappa shape index (κ1) is 24.4. The molecule has 2 bridgehead atoms. The molecule has 2 unspecified atom stereocenters. The van der Waals surface area contributed by atoms with Crippen molar-refractivity contribution in [3.8, 4) is 0 Å². The summed E-state index contributed by atoms with van der Waals surface area (Å²) in [5.74, 6) is 0.784. The van der Waals surface area contributed by atoms with Gasteiger partial charge in [0.05, 0.1) is 22.7 Å². The second-order valence-electron chi connectivity index (χ2n) is 10.7. The fraction of sp³-hybridized carbons (Fsp3) is 0.483. The molecule has 36 heavy (non-hydrogen) atoms. The largest absolute Gasteiger partial charge is 0.380 e. The van der Waals surface area contributed by atoms with Gasteiger partial charge in [0.15, 0.2) is 0 Å². The highest BCUT2D eigenvalue weighted by atomic mass is 35.5. The molecule has 2 heterocycles. The van der Waals surface area contributed by atoms with E-state index in [0.29, 0.717) is 35.2 Å². The molecule has 4 aliphatic rings. The summed E-state index contributed by atoms with van der Waals surface area (Å²) in [5.41, 5.74) is 6.70. The fourth-order valence-electron chi connectivity index (χ4n) is 5.84. The molecule has 2 aliphatic heterocycles. The number of amides is 1. The first-order valence-electron chi connectivity index (χ1n) is 13.1. The van der Waals surface area contributed by atoms with Crippen LogP contribution in [0, 0.1) is 0 Å². The van der Waals surface area contributed by atoms with Crippen molar-refractivity contribution in [2.75, 3.05) is 20.2 Å². The van der Waals surface area contributed by atoms with Gasteiger partial charge in [0.1, 0.15) is 0 Å². The minimum Gasteiger partial charge on any atom is -0.380 e. The van der Waals surface area contributed by atoms with Crippen LogP contribution in [0.4, 0.5) is 0 Å². The van der Waals surface area contributed by atoms with Crippen molar-refractivity contribution in [3.05, 3.63) is 74.3 Å². The number of ether oxygens (including phenoxy) is 1. The Hall–Kier alpha value is -1.89. The van der Waals surface area contributed by atoms with Crippen molar-refractivity contribution < 1.29 is 9.53 Å². The van der Waals surface area contributed by atoms with Crippen molar-refractivity contribution in [2.24, 2.45) is 0 Å². The maximum Gasteiger partial charge on any atom is 0.252 e. The van der Waals surface area contributed by atoms with Crippen LogP contribution in [0.3, 0.4) is 0 Å². The lowest BCUT2D eigenvalue weighted by Gasteiger charge is -2.41. The minimum absolute atomic E-state index is 0.0189. The van der Waals surface area contributed by atoms with Gasteiger partial charge in [-0.15, -0.1) is 0 Å². The van der Waals surface area contributed by atoms with Crippen LogP contribution >= 0.6 is 23.2 Å². The smallest absolute Gasteiger partial charge is 0.252 e. The molecule has 7 heteroatoms. The lowest BCUT2D eigenvalue weighted by atomic mass is 9.81. The van der Waals surface area contributed by atoms with Gasteiger partial charge < -0.3 is 20.3 Å². The van der Waals surface area contributed by atoms with Crippen LogP contribution in [-0.2, 0) is 22.7 Å². The first-order valence-corrected chi connectivity index (χ1v) is 13.8. The molecule has 2 saturated carbocycles. The molecule has 6 rings (SSSR count). The standard InChI is InChI=1S/C29H33Cl2N3O2/c1-36-16-20-11-18(17-5-6-17)7-10-23(20)24-12-21-13-32-14-26(33-21)27(24)29(35)34(22-8-9-22)15-19-3-2-4-25(30)28(19)31/h2-4,7,10-11,17,21-22,26,32-33H,5-6,8-9,12-16H2,1H3. The Morgan fingerprint density at radius 1 is 1.08 bits per heavy atom. The number of fused-ring (bicyclic) bond motifs is 2. The van der Waals surface area contributed by atoms with Gasteiger partial charge in [-0.25, -0.2) is 0 Å². The van der Waals surface area contributed by atoms with Crippen LogP contribution in [0.5, 0.6) is 0 Å². The molecule has 2 N–H and O–H groups in total. The zero-order chi connectivity index (χ0) is 24.8. The molecule has 2 aliphatic carbocycles. The molecule has 0 radical (unpaired) electrons. The van der Waals surface area contributed by atoms with Crippen molar-refractivity contribution in [1.82, 2.24) is 15.5 Å². The van der Waals surface area contributed by atoms with E-state index in [1.165, 1.54) is 35.1 Å². The van der Waals surface area contributed by atoms with Crippen molar-refractivity contribution in [2.45, 2.75) is 69.3 Å². The molecule has 0 aromatic heterocycles. The average molecular weight is 527 g/mol. The van der Waals surface area contributed by atoms with E-state index < -0.39 is 0 Å². The summed E-state index contributed by atoms with van der Waals surface area (Å²) in [6.45, 7) is 2.67. The van der Waals surface area contributed by atoms with Gasteiger partial charge in [0.25, 0.3) is 5.91 Å². The van der Waals surface area contributed by atoms with Crippen LogP contribution in [0.2, 0.25) is 10.0 Å². The summed E-state index contributed by atoms with van der Waals surface area (Å²) < 4.78 is 5.63. The fourth-order valence-corrected chi connectivity index (χ4v) is 6.22. The Labute approximate surface area is 223 Å². The van der Waals surface area contributed by atoms with Crippen molar-refractivity contribution in [1.29, 1.82) is 0 Å². The van der Waals surface area contributed by atoms with Crippen molar-refractivity contribution in [3.63, 3.8) is 0 Å². The van der Waals surface area contributed by atoms with E-state index in [9.17, 15) is 4.79 Å². The molecule has 1 amide bonds. The average Bonchev–Trinajstić information content (AvgIpc) is 3.78. The molecule has 190 valence electrons. The monoisotopic (exact) mass is 525 g/mol. The molecule has 1 saturated heterocycles. The number of hydrogen-bond acceptors (Lipinski definition) is 4. The SMILES string of the molecule is COCc1cc(C2CC2)ccc1C1=C(C(=O)N(Cc2cccc(Cl)c2Cl)C2CC2)C2CNCC(C1)N2. The Kier molecular flexibility index (Phi) is 6.87. The quantitative estimate of drug-likeness (QED) is 0.491. The summed E-state index contributed by atoms with van der Waals surface area (Å²) in [7, 11) is 1.75. The van der Waals surface area contributed by atoms with Gasteiger partial charge in [-0.3, -0.25) is 4.79 Å². The molecule has 3 fully saturated rings. The Bertz CT molecular complexity index is 1210. The number of halogens is 2. The van der Waals surface area contributed by atoms with E-state index in [0.717, 1.165) is 43.5 Å². The summed E-state index contributed by atoms with van der Waals surface area (Å²) >= 11 is 12.8. The normalized spacial score (nSPS) is 23.6. The third kappa shape index (κ3) is 4.84. The molecular formula is C29H33Cl2N3O2. The Morgan fingerprint density at radius 2 is 1.92 bits per heavy atom. The lowest BCUT2D eigenvalue weighted by Crippen LogP contribution is -2.60. The van der Waals surface area contributed by atoms with Gasteiger partial charge >= 0.3 is 0 Å². The molecule has 0 spiro atoms. The highest BCUT2D eigenvalue weighted by Gasteiger charge is 2.41. The lowest BCUT2D eigenvalue weighted by molar-refractivity contribution is -0.128. The second-order valence-corrected chi connectivity index (χ2v) is 11.5. The van der Waals surface area contributed by atoms with E-state index >= 15 is 0 Å². The Morgan fingerprint density at radius 3 is 2.67 bits per heavy atom. The zero-order valence-corrected chi connectivity index (χ0v) is 22.2. The Balaban J connectivity index is 1.42. The number of carbonyl (C=O) groups excluding carboxylic acids is 1. The summed E-state index contributed by atoms with van der Waals surface area (Å²) in [4.78, 5) is 16.4. The van der Waals surface area contributed by atoms with Crippen LogP contribution in [0.15, 0.2) is 42.0 Å². The highest BCUT2D eigenvalue weighted by molar-refractivity contribution is 6.42. The van der Waals surface area contributed by atoms with Gasteiger partial charge in [0.2, 0.25) is 0 Å². The number of rotatable bonds is 8. The molecule has 2 atom stereocenters. The van der Waals surface area contributed by atoms with E-state index in [4.69, 9.17) is 27.9 Å². The van der Waals surface area contributed by atoms with Gasteiger partial charge in [-0.05, 0) is 71.9 Å². The summed E-state index contributed by atoms with van der Waals surface area (Å²) in [5, 5.41) is 8.32. The highest BCUT2D eigenvalue weighted by Crippen LogP contribution is 2.43. The maximum absolute atomic E-state index is 14.4. The number of hydrogen-bond donors (Lipinski definition) is 2. The van der Waals surface area contributed by atoms with E-state index in [2.05, 4.69) is 28.8 Å². The first-order chi connectivity index (χ1) is 17.5. The predicted molar refractivity (Wildman–Crippen MR) is 144 cm³/mol. The van der Waals surface area contributed by atoms with Gasteiger partial charge in [-0.1, -0.05) is 53.5 Å². The third-order valence-corrected chi connectivity index (χ3v) is 8.81. The number of benzene rings is 2.